The lowest BCUT2D eigenvalue weighted by atomic mass is 10.1. The first-order valence-corrected chi connectivity index (χ1v) is 6.97. The lowest BCUT2D eigenvalue weighted by Gasteiger charge is -2.13. The molecule has 0 aromatic heterocycles. The summed E-state index contributed by atoms with van der Waals surface area (Å²) in [5, 5.41) is 0. The first-order valence-electron chi connectivity index (χ1n) is 5.36. The number of hydrogen-bond donors (Lipinski definition) is 0. The minimum absolute atomic E-state index is 0.00802. The molecule has 1 saturated heterocycles. The summed E-state index contributed by atoms with van der Waals surface area (Å²) in [6.07, 6.45) is 0.446. The molecule has 0 radical (unpaired) electrons. The fourth-order valence-corrected chi connectivity index (χ4v) is 3.30. The van der Waals surface area contributed by atoms with E-state index in [0.717, 1.165) is 22.5 Å². The lowest BCUT2D eigenvalue weighted by molar-refractivity contribution is 0.0964. The van der Waals surface area contributed by atoms with Crippen molar-refractivity contribution < 1.29 is 22.0 Å². The quantitative estimate of drug-likeness (QED) is 0.778. The second-order valence-corrected chi connectivity index (χ2v) is 6.14. The minimum Gasteiger partial charge on any atom is -0.293 e. The topological polar surface area (TPSA) is 54.5 Å². The molecule has 1 aromatic carbocycles. The van der Waals surface area contributed by atoms with Crippen molar-refractivity contribution >= 4 is 15.8 Å². The van der Waals surface area contributed by atoms with Crippen LogP contribution in [0.3, 0.4) is 0 Å². The Morgan fingerprint density at radius 2 is 2.06 bits per heavy atom. The third kappa shape index (κ3) is 2.56. The van der Waals surface area contributed by atoms with Crippen molar-refractivity contribution in [1.82, 2.24) is 4.31 Å². The lowest BCUT2D eigenvalue weighted by Crippen LogP contribution is -2.31. The van der Waals surface area contributed by atoms with Crippen molar-refractivity contribution in [3.63, 3.8) is 0 Å². The van der Waals surface area contributed by atoms with Crippen LogP contribution in [0.4, 0.5) is 8.78 Å². The molecule has 1 heterocycles. The molecule has 0 atom stereocenters. The largest absolute Gasteiger partial charge is 0.293 e. The number of rotatable bonds is 3. The number of halogens is 2. The van der Waals surface area contributed by atoms with E-state index >= 15 is 0 Å². The number of nitrogens with zero attached hydrogens (tertiary/aromatic N) is 1. The number of sulfonamides is 1. The monoisotopic (exact) mass is 275 g/mol. The number of carbonyl (C=O) groups is 1. The van der Waals surface area contributed by atoms with E-state index in [1.54, 1.807) is 0 Å². The molecule has 1 aliphatic heterocycles. The fourth-order valence-electron chi connectivity index (χ4n) is 1.83. The van der Waals surface area contributed by atoms with Gasteiger partial charge in [0, 0.05) is 6.54 Å². The van der Waals surface area contributed by atoms with Gasteiger partial charge in [-0.05, 0) is 24.6 Å². The van der Waals surface area contributed by atoms with E-state index < -0.39 is 39.5 Å². The maximum absolute atomic E-state index is 13.3. The van der Waals surface area contributed by atoms with Crippen molar-refractivity contribution in [1.29, 1.82) is 0 Å². The van der Waals surface area contributed by atoms with Crippen LogP contribution in [0.15, 0.2) is 18.2 Å². The minimum atomic E-state index is -3.42. The Balaban J connectivity index is 2.20. The SMILES string of the molecule is O=C(CN1CCCS1(=O)=O)c1cc(F)ccc1F. The van der Waals surface area contributed by atoms with Gasteiger partial charge in [0.1, 0.15) is 11.6 Å². The van der Waals surface area contributed by atoms with E-state index in [9.17, 15) is 22.0 Å². The van der Waals surface area contributed by atoms with E-state index in [1.165, 1.54) is 0 Å². The van der Waals surface area contributed by atoms with E-state index in [-0.39, 0.29) is 12.3 Å². The Morgan fingerprint density at radius 1 is 1.33 bits per heavy atom. The van der Waals surface area contributed by atoms with Crippen LogP contribution in [0.5, 0.6) is 0 Å². The predicted molar refractivity (Wildman–Crippen MR) is 60.7 cm³/mol. The summed E-state index contributed by atoms with van der Waals surface area (Å²) in [6.45, 7) is -0.201. The van der Waals surface area contributed by atoms with Gasteiger partial charge in [-0.1, -0.05) is 0 Å². The van der Waals surface area contributed by atoms with Crippen LogP contribution in [0.2, 0.25) is 0 Å². The average Bonchev–Trinajstić information content (AvgIpc) is 2.62. The van der Waals surface area contributed by atoms with Crippen molar-refractivity contribution in [2.24, 2.45) is 0 Å². The van der Waals surface area contributed by atoms with Crippen LogP contribution in [0.1, 0.15) is 16.8 Å². The Bertz CT molecular complexity index is 586. The molecule has 0 spiro atoms. The summed E-state index contributed by atoms with van der Waals surface area (Å²) >= 11 is 0. The second-order valence-electron chi connectivity index (χ2n) is 4.05. The molecule has 98 valence electrons. The van der Waals surface area contributed by atoms with Gasteiger partial charge in [-0.3, -0.25) is 4.79 Å². The zero-order valence-electron chi connectivity index (χ0n) is 9.40. The molecule has 2 rings (SSSR count). The molecule has 1 aliphatic rings. The first-order chi connectivity index (χ1) is 8.40. The number of ketones is 1. The Kier molecular flexibility index (Phi) is 3.45. The molecule has 7 heteroatoms. The molecule has 1 fully saturated rings. The summed E-state index contributed by atoms with van der Waals surface area (Å²) < 4.78 is 50.2. The summed E-state index contributed by atoms with van der Waals surface area (Å²) in [7, 11) is -3.42. The molecule has 1 aromatic rings. The van der Waals surface area contributed by atoms with Crippen molar-refractivity contribution in [2.75, 3.05) is 18.8 Å². The summed E-state index contributed by atoms with van der Waals surface area (Å²) in [5.74, 6) is -2.33. The van der Waals surface area contributed by atoms with Gasteiger partial charge < -0.3 is 0 Å². The number of hydrogen-bond acceptors (Lipinski definition) is 3. The molecular weight excluding hydrogens is 264 g/mol. The third-order valence-electron chi connectivity index (χ3n) is 2.75. The molecule has 0 aliphatic carbocycles. The van der Waals surface area contributed by atoms with Gasteiger partial charge in [0.2, 0.25) is 10.0 Å². The summed E-state index contributed by atoms with van der Waals surface area (Å²) in [5.41, 5.74) is -0.419. The fraction of sp³-hybridized carbons (Fsp3) is 0.364. The Labute approximate surface area is 103 Å². The van der Waals surface area contributed by atoms with Crippen LogP contribution in [0.25, 0.3) is 0 Å². The number of benzene rings is 1. The van der Waals surface area contributed by atoms with Gasteiger partial charge in [0.25, 0.3) is 0 Å². The molecule has 0 N–H and O–H groups in total. The number of Topliss-reactive ketones (excluding diaryl/α,β-unsaturated/α-hetero) is 1. The highest BCUT2D eigenvalue weighted by atomic mass is 32.2. The highest BCUT2D eigenvalue weighted by Crippen LogP contribution is 2.16. The van der Waals surface area contributed by atoms with Crippen LogP contribution in [-0.4, -0.2) is 37.3 Å². The van der Waals surface area contributed by atoms with E-state index in [1.807, 2.05) is 0 Å². The molecule has 0 saturated carbocycles. The van der Waals surface area contributed by atoms with Crippen LogP contribution in [0, 0.1) is 11.6 Å². The summed E-state index contributed by atoms with van der Waals surface area (Å²) in [6, 6.07) is 2.53. The van der Waals surface area contributed by atoms with Gasteiger partial charge in [-0.15, -0.1) is 0 Å². The Hall–Kier alpha value is -1.34. The van der Waals surface area contributed by atoms with Crippen molar-refractivity contribution in [3.8, 4) is 0 Å². The van der Waals surface area contributed by atoms with Gasteiger partial charge in [-0.2, -0.15) is 4.31 Å². The van der Waals surface area contributed by atoms with E-state index in [2.05, 4.69) is 0 Å². The Morgan fingerprint density at radius 3 is 2.67 bits per heavy atom. The van der Waals surface area contributed by atoms with Gasteiger partial charge in [-0.25, -0.2) is 17.2 Å². The molecule has 0 bridgehead atoms. The zero-order chi connectivity index (χ0) is 13.3. The molecular formula is C11H11F2NO3S. The standard InChI is InChI=1S/C11H11F2NO3S/c12-8-2-3-10(13)9(6-8)11(15)7-14-4-1-5-18(14,16)17/h2-3,6H,1,4-5,7H2. The first kappa shape index (κ1) is 13.1. The smallest absolute Gasteiger partial charge is 0.214 e. The average molecular weight is 275 g/mol. The van der Waals surface area contributed by atoms with Crippen molar-refractivity contribution in [2.45, 2.75) is 6.42 Å². The predicted octanol–water partition coefficient (Wildman–Crippen LogP) is 1.18. The van der Waals surface area contributed by atoms with Crippen LogP contribution >= 0.6 is 0 Å². The normalized spacial score (nSPS) is 19.0. The van der Waals surface area contributed by atoms with E-state index in [4.69, 9.17) is 0 Å². The highest BCUT2D eigenvalue weighted by molar-refractivity contribution is 7.89. The maximum Gasteiger partial charge on any atom is 0.214 e. The van der Waals surface area contributed by atoms with Gasteiger partial charge in [0.05, 0.1) is 17.9 Å². The summed E-state index contributed by atoms with van der Waals surface area (Å²) in [4.78, 5) is 11.7. The van der Waals surface area contributed by atoms with Crippen molar-refractivity contribution in [3.05, 3.63) is 35.4 Å². The highest BCUT2D eigenvalue weighted by Gasteiger charge is 2.30. The van der Waals surface area contributed by atoms with Crippen LogP contribution < -0.4 is 0 Å². The second kappa shape index (κ2) is 4.74. The third-order valence-corrected chi connectivity index (χ3v) is 4.66. The maximum atomic E-state index is 13.3. The van der Waals surface area contributed by atoms with E-state index in [0.29, 0.717) is 6.42 Å². The number of carbonyl (C=O) groups excluding carboxylic acids is 1. The zero-order valence-corrected chi connectivity index (χ0v) is 10.2. The van der Waals surface area contributed by atoms with Crippen LogP contribution in [-0.2, 0) is 10.0 Å². The molecule has 0 amide bonds. The molecule has 18 heavy (non-hydrogen) atoms. The molecule has 4 nitrogen and oxygen atoms in total. The van der Waals surface area contributed by atoms with Gasteiger partial charge in [0.15, 0.2) is 5.78 Å². The molecule has 0 unspecified atom stereocenters. The van der Waals surface area contributed by atoms with Gasteiger partial charge >= 0.3 is 0 Å².